The number of hydrogen-bond acceptors (Lipinski definition) is 4. The van der Waals surface area contributed by atoms with Crippen LogP contribution in [0.4, 0.5) is 31.5 Å². The Bertz CT molecular complexity index is 3730. The summed E-state index contributed by atoms with van der Waals surface area (Å²) in [5.41, 5.74) is 13.9. The summed E-state index contributed by atoms with van der Waals surface area (Å²) in [5, 5.41) is 2.13. The maximum atomic E-state index is 14.4. The van der Waals surface area contributed by atoms with Gasteiger partial charge in [0.25, 0.3) is 0 Å². The predicted molar refractivity (Wildman–Crippen MR) is 285 cm³/mol. The van der Waals surface area contributed by atoms with Crippen LogP contribution in [-0.2, 0) is 26.5 Å². The van der Waals surface area contributed by atoms with Crippen molar-refractivity contribution in [2.24, 2.45) is 0 Å². The van der Waals surface area contributed by atoms with E-state index in [9.17, 15) is 8.78 Å². The van der Waals surface area contributed by atoms with Gasteiger partial charge in [-0.2, -0.15) is 6.07 Å². The fourth-order valence-corrected chi connectivity index (χ4v) is 9.78. The topological polar surface area (TPSA) is 33.5 Å². The van der Waals surface area contributed by atoms with Crippen molar-refractivity contribution in [3.63, 3.8) is 0 Å². The Morgan fingerprint density at radius 3 is 1.76 bits per heavy atom. The van der Waals surface area contributed by atoms with Gasteiger partial charge in [0, 0.05) is 72.5 Å². The second-order valence-corrected chi connectivity index (χ2v) is 18.8. The molecule has 0 unspecified atom stereocenters. The third-order valence-electron chi connectivity index (χ3n) is 13.2. The average Bonchev–Trinajstić information content (AvgIpc) is 3.95. The number of halogens is 2. The largest absolute Gasteiger partial charge is 0.509 e. The van der Waals surface area contributed by atoms with Crippen LogP contribution >= 0.6 is 0 Å². The van der Waals surface area contributed by atoms with Gasteiger partial charge in [-0.25, -0.2) is 13.8 Å². The first kappa shape index (κ1) is 46.3. The van der Waals surface area contributed by atoms with E-state index in [4.69, 9.17) is 9.72 Å². The third-order valence-corrected chi connectivity index (χ3v) is 13.2. The fourth-order valence-electron chi connectivity index (χ4n) is 9.78. The van der Waals surface area contributed by atoms with E-state index >= 15 is 0 Å². The number of ether oxygens (including phenoxy) is 1. The van der Waals surface area contributed by atoms with Gasteiger partial charge in [0.15, 0.2) is 0 Å². The van der Waals surface area contributed by atoms with E-state index in [0.717, 1.165) is 94.9 Å². The molecule has 1 aliphatic heterocycles. The SMILES string of the molecule is CC(C)(C)c1ccnc(-n2c3[c-]c(Oc4[c-]c(N5[CH-]N(c6c(-c7ccc(F)cc7)cccc6-c6ccc(F)cc6)c6ccccc65)cc(-c5ccccc5-c5ccccc5)c4)ccc3c3ccccc32)c1.[Pt]. The van der Waals surface area contributed by atoms with Crippen LogP contribution in [0.1, 0.15) is 26.3 Å². The number of anilines is 4. The van der Waals surface area contributed by atoms with E-state index in [0.29, 0.717) is 11.5 Å². The summed E-state index contributed by atoms with van der Waals surface area (Å²) in [6.07, 6.45) is 1.88. The monoisotopic (exact) mass is 1120 g/mol. The normalized spacial score (nSPS) is 12.3. The van der Waals surface area contributed by atoms with Crippen LogP contribution in [0.2, 0.25) is 0 Å². The Balaban J connectivity index is 0.00000560. The van der Waals surface area contributed by atoms with Crippen LogP contribution in [-0.4, -0.2) is 9.55 Å². The van der Waals surface area contributed by atoms with Crippen LogP contribution < -0.4 is 14.5 Å². The zero-order chi connectivity index (χ0) is 48.2. The zero-order valence-corrected chi connectivity index (χ0v) is 41.8. The second-order valence-electron chi connectivity index (χ2n) is 18.8. The molecule has 3 heterocycles. The number of para-hydroxylation sites is 4. The molecule has 12 rings (SSSR count). The van der Waals surface area contributed by atoms with Crippen LogP contribution in [0.25, 0.3) is 72.1 Å². The summed E-state index contributed by atoms with van der Waals surface area (Å²) < 4.78 is 38.0. The molecule has 2 aromatic heterocycles. The molecule has 1 aliphatic rings. The van der Waals surface area contributed by atoms with E-state index < -0.39 is 0 Å². The van der Waals surface area contributed by atoms with Crippen molar-refractivity contribution < 1.29 is 34.6 Å². The molecule has 0 radical (unpaired) electrons. The van der Waals surface area contributed by atoms with Gasteiger partial charge in [0.05, 0.1) is 0 Å². The number of pyridine rings is 1. The molecule has 0 atom stereocenters. The molecule has 8 heteroatoms. The molecule has 0 N–H and O–H groups in total. The Hall–Kier alpha value is -8.12. The van der Waals surface area contributed by atoms with Crippen molar-refractivity contribution in [2.45, 2.75) is 26.2 Å². The average molecular weight is 1120 g/mol. The number of nitrogens with zero attached hydrogens (tertiary/aromatic N) is 4. The van der Waals surface area contributed by atoms with Gasteiger partial charge in [-0.1, -0.05) is 154 Å². The number of fused-ring (bicyclic) bond motifs is 4. The molecule has 0 saturated carbocycles. The van der Waals surface area contributed by atoms with Crippen LogP contribution in [0.15, 0.2) is 212 Å². The minimum atomic E-state index is -0.320. The van der Waals surface area contributed by atoms with Gasteiger partial charge < -0.3 is 19.1 Å². The molecule has 9 aromatic carbocycles. The standard InChI is InChI=1S/C64H45F2N4O.Pt/c1-64(2,3)46-34-35-67-62(38-46)70-58-21-10-9-18-56(58)57-33-32-50(40-61(57)70)71-51-37-45(53-17-8-7-16-52(53)42-14-5-4-6-15-42)36-49(39-51)68-41-69(60-23-12-11-22-59(60)68)63-54(43-24-28-47(65)29-25-43)19-13-20-55(63)44-26-30-48(66)31-27-44;/h4-38,41H,1-3H3;/q-3;. The van der Waals surface area contributed by atoms with Gasteiger partial charge in [-0.15, -0.1) is 53.6 Å². The molecular formula is C64H45F2N4OPt-3. The first-order valence-corrected chi connectivity index (χ1v) is 23.6. The molecule has 0 amide bonds. The maximum Gasteiger partial charge on any atom is 0.135 e. The quantitative estimate of drug-likeness (QED) is 0.135. The van der Waals surface area contributed by atoms with Crippen molar-refractivity contribution in [3.05, 3.63) is 248 Å². The summed E-state index contributed by atoms with van der Waals surface area (Å²) in [6, 6.07) is 74.4. The molecule has 354 valence electrons. The number of hydrogen-bond donors (Lipinski definition) is 0. The van der Waals surface area contributed by atoms with E-state index in [1.165, 1.54) is 29.8 Å². The first-order chi connectivity index (χ1) is 34.6. The Morgan fingerprint density at radius 1 is 0.500 bits per heavy atom. The number of rotatable bonds is 9. The fraction of sp³-hybridized carbons (Fsp3) is 0.0625. The molecule has 0 aliphatic carbocycles. The first-order valence-electron chi connectivity index (χ1n) is 23.6. The van der Waals surface area contributed by atoms with Gasteiger partial charge in [-0.05, 0) is 98.8 Å². The maximum absolute atomic E-state index is 14.4. The van der Waals surface area contributed by atoms with Crippen molar-refractivity contribution in [2.75, 3.05) is 9.80 Å². The van der Waals surface area contributed by atoms with Crippen molar-refractivity contribution in [1.29, 1.82) is 0 Å². The Morgan fingerprint density at radius 2 is 1.08 bits per heavy atom. The minimum Gasteiger partial charge on any atom is -0.509 e. The molecule has 0 fully saturated rings. The second kappa shape index (κ2) is 18.9. The molecular weight excluding hydrogens is 1070 g/mol. The van der Waals surface area contributed by atoms with Crippen LogP contribution in [0.5, 0.6) is 11.5 Å². The van der Waals surface area contributed by atoms with Crippen molar-refractivity contribution in [3.8, 4) is 61.8 Å². The van der Waals surface area contributed by atoms with E-state index in [2.05, 4.69) is 163 Å². The van der Waals surface area contributed by atoms with Crippen LogP contribution in [0, 0.1) is 30.4 Å². The van der Waals surface area contributed by atoms with Crippen molar-refractivity contribution >= 4 is 44.6 Å². The summed E-state index contributed by atoms with van der Waals surface area (Å²) in [6.45, 7) is 8.70. The van der Waals surface area contributed by atoms with E-state index in [1.54, 1.807) is 24.3 Å². The van der Waals surface area contributed by atoms with Crippen molar-refractivity contribution in [1.82, 2.24) is 9.55 Å². The predicted octanol–water partition coefficient (Wildman–Crippen LogP) is 17.2. The molecule has 0 bridgehead atoms. The number of benzene rings is 9. The Kier molecular flexibility index (Phi) is 12.1. The van der Waals surface area contributed by atoms with E-state index in [1.807, 2.05) is 54.7 Å². The molecule has 72 heavy (non-hydrogen) atoms. The third kappa shape index (κ3) is 8.54. The summed E-state index contributed by atoms with van der Waals surface area (Å²) in [7, 11) is 0. The van der Waals surface area contributed by atoms with Gasteiger partial charge in [0.2, 0.25) is 0 Å². The summed E-state index contributed by atoms with van der Waals surface area (Å²) in [5.74, 6) is 1.18. The Labute approximate surface area is 432 Å². The van der Waals surface area contributed by atoms with Crippen LogP contribution in [0.3, 0.4) is 0 Å². The minimum absolute atomic E-state index is 0. The van der Waals surface area contributed by atoms with E-state index in [-0.39, 0.29) is 38.1 Å². The molecule has 5 nitrogen and oxygen atoms in total. The van der Waals surface area contributed by atoms with Gasteiger partial charge >= 0.3 is 0 Å². The molecule has 0 spiro atoms. The summed E-state index contributed by atoms with van der Waals surface area (Å²) >= 11 is 0. The molecule has 11 aromatic rings. The smallest absolute Gasteiger partial charge is 0.135 e. The molecule has 0 saturated heterocycles. The van der Waals surface area contributed by atoms with Gasteiger partial charge in [0.1, 0.15) is 17.5 Å². The summed E-state index contributed by atoms with van der Waals surface area (Å²) in [4.78, 5) is 9.19. The van der Waals surface area contributed by atoms with Gasteiger partial charge in [-0.3, -0.25) is 0 Å². The number of aromatic nitrogens is 2. The zero-order valence-electron chi connectivity index (χ0n) is 39.6.